The number of aryl methyl sites for hydroxylation is 1. The molecule has 0 amide bonds. The van der Waals surface area contributed by atoms with Crippen LogP contribution < -0.4 is 4.74 Å². The summed E-state index contributed by atoms with van der Waals surface area (Å²) in [6.45, 7) is 2.20. The fraction of sp³-hybridized carbons (Fsp3) is 0.182. The van der Waals surface area contributed by atoms with Crippen LogP contribution in [-0.2, 0) is 17.8 Å². The molecule has 1 atom stereocenters. The molecule has 0 unspecified atom stereocenters. The van der Waals surface area contributed by atoms with Gasteiger partial charge in [0.25, 0.3) is 5.69 Å². The summed E-state index contributed by atoms with van der Waals surface area (Å²) in [5, 5.41) is 28.9. The highest BCUT2D eigenvalue weighted by Crippen LogP contribution is 2.42. The predicted molar refractivity (Wildman–Crippen MR) is 124 cm³/mol. The number of hydrogen-bond donors (Lipinski definition) is 1. The number of nitro benzene ring substituents is 1. The third-order valence-corrected chi connectivity index (χ3v) is 6.89. The lowest BCUT2D eigenvalue weighted by atomic mass is 10.0. The van der Waals surface area contributed by atoms with Crippen molar-refractivity contribution in [3.05, 3.63) is 84.7 Å². The van der Waals surface area contributed by atoms with E-state index in [-0.39, 0.29) is 23.1 Å². The second-order valence-electron chi connectivity index (χ2n) is 6.91. The van der Waals surface area contributed by atoms with Gasteiger partial charge >= 0.3 is 0 Å². The van der Waals surface area contributed by atoms with Gasteiger partial charge in [-0.25, -0.2) is 0 Å². The van der Waals surface area contributed by atoms with Crippen LogP contribution in [0, 0.1) is 15.5 Å². The minimum absolute atomic E-state index is 0.0224. The van der Waals surface area contributed by atoms with Gasteiger partial charge in [-0.1, -0.05) is 36.9 Å². The van der Waals surface area contributed by atoms with E-state index < -0.39 is 10.8 Å². The number of nitrogens with zero attached hydrogens (tertiary/aromatic N) is 3. The van der Waals surface area contributed by atoms with Crippen LogP contribution in [0.25, 0.3) is 6.08 Å². The molecule has 0 spiro atoms. The molecule has 8 nitrogen and oxygen atoms in total. The molecule has 2 aromatic carbocycles. The molecular weight excluding hydrogens is 448 g/mol. The maximum atomic E-state index is 13.0. The van der Waals surface area contributed by atoms with E-state index in [0.717, 1.165) is 28.8 Å². The molecule has 4 rings (SSSR count). The number of benzene rings is 2. The van der Waals surface area contributed by atoms with Gasteiger partial charge in [0.1, 0.15) is 28.3 Å². The third-order valence-electron chi connectivity index (χ3n) is 4.77. The van der Waals surface area contributed by atoms with Gasteiger partial charge < -0.3 is 4.74 Å². The molecule has 1 fully saturated rings. The molecule has 1 saturated heterocycles. The number of aromatic nitrogens is 2. The Labute approximate surface area is 192 Å². The molecule has 162 valence electrons. The molecule has 1 N–H and O–H groups in total. The molecule has 3 aromatic rings. The lowest BCUT2D eigenvalue weighted by Crippen LogP contribution is -2.11. The number of non-ortho nitro benzene ring substituents is 1. The average molecular weight is 467 g/mol. The Hall–Kier alpha value is -3.37. The normalized spacial score (nSPS) is 17.2. The van der Waals surface area contributed by atoms with Crippen LogP contribution in [0.4, 0.5) is 5.69 Å². The van der Waals surface area contributed by atoms with E-state index in [2.05, 4.69) is 10.2 Å². The number of carbonyl (C=O) groups is 1. The van der Waals surface area contributed by atoms with E-state index in [1.54, 1.807) is 24.3 Å². The number of Topliss-reactive ketones (excluding diaryl/α,β-unsaturated/α-hetero) is 1. The first kappa shape index (κ1) is 21.8. The molecule has 1 aliphatic heterocycles. The van der Waals surface area contributed by atoms with Crippen LogP contribution in [0.5, 0.6) is 5.75 Å². The second kappa shape index (κ2) is 9.41. The van der Waals surface area contributed by atoms with Crippen molar-refractivity contribution < 1.29 is 14.5 Å². The number of para-hydroxylation sites is 1. The summed E-state index contributed by atoms with van der Waals surface area (Å²) >= 11 is 2.50. The number of ether oxygens (including phenoxy) is 1. The van der Waals surface area contributed by atoms with Gasteiger partial charge in [-0.05, 0) is 36.3 Å². The largest absolute Gasteiger partial charge is 0.488 e. The number of nitrogens with one attached hydrogen (secondary N) is 1. The number of ketones is 1. The lowest BCUT2D eigenvalue weighted by Gasteiger charge is -2.09. The van der Waals surface area contributed by atoms with Crippen molar-refractivity contribution in [2.75, 3.05) is 0 Å². The van der Waals surface area contributed by atoms with E-state index in [4.69, 9.17) is 10.1 Å². The van der Waals surface area contributed by atoms with Gasteiger partial charge in [-0.15, -0.1) is 21.5 Å². The fourth-order valence-corrected chi connectivity index (χ4v) is 5.03. The van der Waals surface area contributed by atoms with Gasteiger partial charge in [0.2, 0.25) is 0 Å². The van der Waals surface area contributed by atoms with Crippen LogP contribution in [-0.4, -0.2) is 25.9 Å². The van der Waals surface area contributed by atoms with Gasteiger partial charge in [-0.2, -0.15) is 0 Å². The summed E-state index contributed by atoms with van der Waals surface area (Å²) in [7, 11) is 0. The SMILES string of the molecule is CCc1nnc([C@H]2C(=N)S/C(=C\c3ccccc3OCc3ccc([N+](=O)[O-])cc3)C2=O)s1. The topological polar surface area (TPSA) is 119 Å². The first-order chi connectivity index (χ1) is 15.5. The maximum Gasteiger partial charge on any atom is 0.269 e. The van der Waals surface area contributed by atoms with E-state index in [9.17, 15) is 14.9 Å². The van der Waals surface area contributed by atoms with E-state index >= 15 is 0 Å². The first-order valence-corrected chi connectivity index (χ1v) is 11.4. The van der Waals surface area contributed by atoms with Gasteiger partial charge in [0.15, 0.2) is 5.78 Å². The molecule has 0 aliphatic carbocycles. The zero-order valence-electron chi connectivity index (χ0n) is 17.0. The Bertz CT molecular complexity index is 1220. The zero-order chi connectivity index (χ0) is 22.7. The average Bonchev–Trinajstić information content (AvgIpc) is 3.37. The number of allylic oxidation sites excluding steroid dienone is 1. The Kier molecular flexibility index (Phi) is 6.42. The third kappa shape index (κ3) is 4.61. The molecular formula is C22H18N4O4S2. The highest BCUT2D eigenvalue weighted by atomic mass is 32.2. The highest BCUT2D eigenvalue weighted by molar-refractivity contribution is 8.19. The predicted octanol–water partition coefficient (Wildman–Crippen LogP) is 5.01. The van der Waals surface area contributed by atoms with Crippen LogP contribution in [0.1, 0.15) is 34.0 Å². The Morgan fingerprint density at radius 3 is 2.62 bits per heavy atom. The second-order valence-corrected chi connectivity index (χ2v) is 9.09. The molecule has 10 heteroatoms. The molecule has 1 aliphatic rings. The Morgan fingerprint density at radius 2 is 1.94 bits per heavy atom. The summed E-state index contributed by atoms with van der Waals surface area (Å²) in [5.41, 5.74) is 1.52. The van der Waals surface area contributed by atoms with Crippen molar-refractivity contribution in [2.45, 2.75) is 25.9 Å². The van der Waals surface area contributed by atoms with Gasteiger partial charge in [0.05, 0.1) is 14.9 Å². The highest BCUT2D eigenvalue weighted by Gasteiger charge is 2.39. The number of thioether (sulfide) groups is 1. The molecule has 1 aromatic heterocycles. The number of rotatable bonds is 7. The molecule has 0 bridgehead atoms. The Balaban J connectivity index is 1.52. The van der Waals surface area contributed by atoms with Crippen molar-refractivity contribution in [1.82, 2.24) is 10.2 Å². The summed E-state index contributed by atoms with van der Waals surface area (Å²) in [4.78, 5) is 23.8. The van der Waals surface area contributed by atoms with Crippen molar-refractivity contribution in [2.24, 2.45) is 0 Å². The summed E-state index contributed by atoms with van der Waals surface area (Å²) in [6, 6.07) is 13.5. The van der Waals surface area contributed by atoms with E-state index in [1.165, 1.54) is 23.5 Å². The van der Waals surface area contributed by atoms with Crippen LogP contribution >= 0.6 is 23.1 Å². The van der Waals surface area contributed by atoms with E-state index in [0.29, 0.717) is 21.2 Å². The Morgan fingerprint density at radius 1 is 1.19 bits per heavy atom. The standard InChI is InChI=1S/C22H18N4O4S2/c1-2-18-24-25-22(32-18)19-20(27)17(31-21(19)23)11-14-5-3-4-6-16(14)30-12-13-7-9-15(10-8-13)26(28)29/h3-11,19,23H,2,12H2,1H3/b17-11-,23-21?/t19-/m1/s1. The van der Waals surface area contributed by atoms with Crippen molar-refractivity contribution >= 4 is 45.7 Å². The minimum atomic E-state index is -0.697. The lowest BCUT2D eigenvalue weighted by molar-refractivity contribution is -0.384. The number of hydrogen-bond acceptors (Lipinski definition) is 9. The molecule has 0 saturated carbocycles. The molecule has 32 heavy (non-hydrogen) atoms. The molecule has 0 radical (unpaired) electrons. The summed E-state index contributed by atoms with van der Waals surface area (Å²) in [5.74, 6) is -0.285. The number of nitro groups is 1. The van der Waals surface area contributed by atoms with E-state index in [1.807, 2.05) is 25.1 Å². The number of carbonyl (C=O) groups excluding carboxylic acids is 1. The van der Waals surface area contributed by atoms with Crippen LogP contribution in [0.15, 0.2) is 53.4 Å². The van der Waals surface area contributed by atoms with Crippen molar-refractivity contribution in [3.8, 4) is 5.75 Å². The van der Waals surface area contributed by atoms with Crippen LogP contribution in [0.3, 0.4) is 0 Å². The van der Waals surface area contributed by atoms with Gasteiger partial charge in [-0.3, -0.25) is 20.3 Å². The van der Waals surface area contributed by atoms with Gasteiger partial charge in [0, 0.05) is 17.7 Å². The summed E-state index contributed by atoms with van der Waals surface area (Å²) in [6.07, 6.45) is 2.47. The first-order valence-electron chi connectivity index (χ1n) is 9.76. The quantitative estimate of drug-likeness (QED) is 0.295. The summed E-state index contributed by atoms with van der Waals surface area (Å²) < 4.78 is 5.92. The maximum absolute atomic E-state index is 13.0. The fourth-order valence-electron chi connectivity index (χ4n) is 3.09. The smallest absolute Gasteiger partial charge is 0.269 e. The van der Waals surface area contributed by atoms with Crippen molar-refractivity contribution in [3.63, 3.8) is 0 Å². The monoisotopic (exact) mass is 466 g/mol. The van der Waals surface area contributed by atoms with Crippen molar-refractivity contribution in [1.29, 1.82) is 5.41 Å². The van der Waals surface area contributed by atoms with Crippen LogP contribution in [0.2, 0.25) is 0 Å². The zero-order valence-corrected chi connectivity index (χ0v) is 18.6. The minimum Gasteiger partial charge on any atom is -0.488 e. The molecule has 2 heterocycles.